The molecule has 0 aromatic heterocycles. The molecule has 0 unspecified atom stereocenters. The lowest BCUT2D eigenvalue weighted by atomic mass is 10.0. The van der Waals surface area contributed by atoms with Crippen molar-refractivity contribution in [1.29, 1.82) is 0 Å². The predicted molar refractivity (Wildman–Crippen MR) is 45.5 cm³/mol. The van der Waals surface area contributed by atoms with Crippen LogP contribution < -0.4 is 5.32 Å². The molecule has 0 spiro atoms. The molecule has 1 N–H and O–H groups in total. The van der Waals surface area contributed by atoms with Crippen LogP contribution >= 0.6 is 0 Å². The highest BCUT2D eigenvalue weighted by Crippen LogP contribution is 2.10. The summed E-state index contributed by atoms with van der Waals surface area (Å²) in [5.41, 5.74) is 0. The Morgan fingerprint density at radius 3 is 2.82 bits per heavy atom. The highest BCUT2D eigenvalue weighted by molar-refractivity contribution is 5.84. The summed E-state index contributed by atoms with van der Waals surface area (Å²) in [4.78, 5) is 11.4. The first kappa shape index (κ1) is 8.72. The molecule has 1 heterocycles. The van der Waals surface area contributed by atoms with E-state index in [0.717, 1.165) is 25.8 Å². The van der Waals surface area contributed by atoms with Crippen LogP contribution in [0, 0.1) is 5.92 Å². The smallest absolute Gasteiger partial charge is 0.149 e. The minimum atomic E-state index is 0.178. The maximum Gasteiger partial charge on any atom is 0.149 e. The molecule has 0 bridgehead atoms. The molecule has 1 fully saturated rings. The van der Waals surface area contributed by atoms with E-state index in [1.54, 1.807) is 0 Å². The highest BCUT2D eigenvalue weighted by atomic mass is 16.1. The molecule has 1 aliphatic rings. The molecule has 1 aliphatic heterocycles. The van der Waals surface area contributed by atoms with Gasteiger partial charge in [-0.25, -0.2) is 0 Å². The molecular formula is C9H17NO. The molecule has 1 rings (SSSR count). The fourth-order valence-corrected chi connectivity index (χ4v) is 1.50. The lowest BCUT2D eigenvalue weighted by molar-refractivity contribution is -0.121. The summed E-state index contributed by atoms with van der Waals surface area (Å²) >= 11 is 0. The second-order valence-corrected chi connectivity index (χ2v) is 3.71. The van der Waals surface area contributed by atoms with E-state index in [-0.39, 0.29) is 6.04 Å². The SMILES string of the molecule is CC(C)CC(=O)[C@H]1CCCN1. The van der Waals surface area contributed by atoms with E-state index in [2.05, 4.69) is 19.2 Å². The normalized spacial score (nSPS) is 24.5. The molecule has 0 aromatic carbocycles. The van der Waals surface area contributed by atoms with Crippen molar-refractivity contribution in [2.45, 2.75) is 39.2 Å². The van der Waals surface area contributed by atoms with Crippen molar-refractivity contribution in [2.75, 3.05) is 6.54 Å². The van der Waals surface area contributed by atoms with E-state index >= 15 is 0 Å². The molecule has 64 valence electrons. The second-order valence-electron chi connectivity index (χ2n) is 3.71. The minimum absolute atomic E-state index is 0.178. The molecular weight excluding hydrogens is 138 g/mol. The summed E-state index contributed by atoms with van der Waals surface area (Å²) in [7, 11) is 0. The van der Waals surface area contributed by atoms with E-state index in [4.69, 9.17) is 0 Å². The van der Waals surface area contributed by atoms with Gasteiger partial charge in [-0.15, -0.1) is 0 Å². The Kier molecular flexibility index (Phi) is 3.06. The third-order valence-corrected chi connectivity index (χ3v) is 2.06. The number of hydrogen-bond donors (Lipinski definition) is 1. The zero-order valence-electron chi connectivity index (χ0n) is 7.39. The molecule has 0 saturated carbocycles. The molecule has 1 atom stereocenters. The Morgan fingerprint density at radius 1 is 1.64 bits per heavy atom. The van der Waals surface area contributed by atoms with Gasteiger partial charge in [-0.3, -0.25) is 4.79 Å². The van der Waals surface area contributed by atoms with Gasteiger partial charge in [0.1, 0.15) is 5.78 Å². The summed E-state index contributed by atoms with van der Waals surface area (Å²) < 4.78 is 0. The average Bonchev–Trinajstić information content (AvgIpc) is 2.35. The average molecular weight is 155 g/mol. The van der Waals surface area contributed by atoms with E-state index in [0.29, 0.717) is 11.7 Å². The number of ketones is 1. The Hall–Kier alpha value is -0.370. The summed E-state index contributed by atoms with van der Waals surface area (Å²) in [6.07, 6.45) is 2.94. The lowest BCUT2D eigenvalue weighted by Crippen LogP contribution is -2.31. The van der Waals surface area contributed by atoms with Crippen molar-refractivity contribution in [3.8, 4) is 0 Å². The molecule has 2 heteroatoms. The van der Waals surface area contributed by atoms with Gasteiger partial charge in [-0.05, 0) is 25.3 Å². The van der Waals surface area contributed by atoms with E-state index < -0.39 is 0 Å². The second kappa shape index (κ2) is 3.86. The highest BCUT2D eigenvalue weighted by Gasteiger charge is 2.21. The zero-order chi connectivity index (χ0) is 8.27. The molecule has 11 heavy (non-hydrogen) atoms. The van der Waals surface area contributed by atoms with Crippen molar-refractivity contribution < 1.29 is 4.79 Å². The largest absolute Gasteiger partial charge is 0.307 e. The maximum atomic E-state index is 11.4. The Labute approximate surface area is 68.4 Å². The van der Waals surface area contributed by atoms with Crippen molar-refractivity contribution in [2.24, 2.45) is 5.92 Å². The number of hydrogen-bond acceptors (Lipinski definition) is 2. The fourth-order valence-electron chi connectivity index (χ4n) is 1.50. The van der Waals surface area contributed by atoms with Crippen LogP contribution in [0.3, 0.4) is 0 Å². The minimum Gasteiger partial charge on any atom is -0.307 e. The van der Waals surface area contributed by atoms with Gasteiger partial charge in [0.05, 0.1) is 6.04 Å². The standard InChI is InChI=1S/C9H17NO/c1-7(2)6-9(11)8-4-3-5-10-8/h7-8,10H,3-6H2,1-2H3/t8-/m1/s1. The maximum absolute atomic E-state index is 11.4. The van der Waals surface area contributed by atoms with Gasteiger partial charge in [0, 0.05) is 6.42 Å². The third-order valence-electron chi connectivity index (χ3n) is 2.06. The third kappa shape index (κ3) is 2.62. The molecule has 0 radical (unpaired) electrons. The zero-order valence-corrected chi connectivity index (χ0v) is 7.39. The van der Waals surface area contributed by atoms with Gasteiger partial charge in [0.25, 0.3) is 0 Å². The van der Waals surface area contributed by atoms with Crippen molar-refractivity contribution in [3.05, 3.63) is 0 Å². The van der Waals surface area contributed by atoms with Crippen LogP contribution in [0.5, 0.6) is 0 Å². The fraction of sp³-hybridized carbons (Fsp3) is 0.889. The van der Waals surface area contributed by atoms with Crippen LogP contribution in [0.15, 0.2) is 0 Å². The van der Waals surface area contributed by atoms with Crippen molar-refractivity contribution >= 4 is 5.78 Å². The van der Waals surface area contributed by atoms with E-state index in [1.807, 2.05) is 0 Å². The number of carbonyl (C=O) groups is 1. The molecule has 2 nitrogen and oxygen atoms in total. The topological polar surface area (TPSA) is 29.1 Å². The number of nitrogens with one attached hydrogen (secondary N) is 1. The van der Waals surface area contributed by atoms with Gasteiger partial charge < -0.3 is 5.32 Å². The van der Waals surface area contributed by atoms with Crippen LogP contribution in [0.1, 0.15) is 33.1 Å². The van der Waals surface area contributed by atoms with Crippen LogP contribution in [-0.4, -0.2) is 18.4 Å². The van der Waals surface area contributed by atoms with Crippen LogP contribution in [-0.2, 0) is 4.79 Å². The van der Waals surface area contributed by atoms with Gasteiger partial charge in [-0.2, -0.15) is 0 Å². The summed E-state index contributed by atoms with van der Waals surface area (Å²) in [6, 6.07) is 0.178. The Morgan fingerprint density at radius 2 is 2.36 bits per heavy atom. The quantitative estimate of drug-likeness (QED) is 0.666. The van der Waals surface area contributed by atoms with Gasteiger partial charge in [0.15, 0.2) is 0 Å². The number of Topliss-reactive ketones (excluding diaryl/α,β-unsaturated/α-hetero) is 1. The van der Waals surface area contributed by atoms with Crippen molar-refractivity contribution in [3.63, 3.8) is 0 Å². The number of rotatable bonds is 3. The van der Waals surface area contributed by atoms with Gasteiger partial charge in [-0.1, -0.05) is 13.8 Å². The van der Waals surface area contributed by atoms with Crippen LogP contribution in [0.2, 0.25) is 0 Å². The van der Waals surface area contributed by atoms with Gasteiger partial charge >= 0.3 is 0 Å². The molecule has 0 amide bonds. The Bertz CT molecular complexity index is 136. The van der Waals surface area contributed by atoms with Crippen LogP contribution in [0.25, 0.3) is 0 Å². The lowest BCUT2D eigenvalue weighted by Gasteiger charge is -2.09. The summed E-state index contributed by atoms with van der Waals surface area (Å²) in [5.74, 6) is 0.905. The first-order valence-electron chi connectivity index (χ1n) is 4.46. The van der Waals surface area contributed by atoms with E-state index in [1.165, 1.54) is 0 Å². The summed E-state index contributed by atoms with van der Waals surface area (Å²) in [6.45, 7) is 5.20. The van der Waals surface area contributed by atoms with Gasteiger partial charge in [0.2, 0.25) is 0 Å². The Balaban J connectivity index is 2.28. The summed E-state index contributed by atoms with van der Waals surface area (Å²) in [5, 5.41) is 3.21. The first-order chi connectivity index (χ1) is 5.20. The molecule has 1 saturated heterocycles. The van der Waals surface area contributed by atoms with E-state index in [9.17, 15) is 4.79 Å². The van der Waals surface area contributed by atoms with Crippen molar-refractivity contribution in [1.82, 2.24) is 5.32 Å². The number of carbonyl (C=O) groups excluding carboxylic acids is 1. The first-order valence-corrected chi connectivity index (χ1v) is 4.46. The van der Waals surface area contributed by atoms with Crippen LogP contribution in [0.4, 0.5) is 0 Å². The predicted octanol–water partition coefficient (Wildman–Crippen LogP) is 1.35. The molecule has 0 aromatic rings. The molecule has 0 aliphatic carbocycles. The monoisotopic (exact) mass is 155 g/mol.